The first kappa shape index (κ1) is 20.0. The summed E-state index contributed by atoms with van der Waals surface area (Å²) in [4.78, 5) is 11.6. The Morgan fingerprint density at radius 2 is 1.88 bits per heavy atom. The standard InChI is InChI=1S/C15H18F5NO3/c1-14(2,3)24-13(22)21-12(15(18,19)20)10-5-4-9(8-11(10)17)23-7-6-16/h4-5,8,12H,6-7H2,1-3H3,(H,21,22)/t12-/m0/s1. The highest BCUT2D eigenvalue weighted by Crippen LogP contribution is 2.35. The van der Waals surface area contributed by atoms with Crippen LogP contribution in [0.2, 0.25) is 0 Å². The minimum Gasteiger partial charge on any atom is -0.491 e. The van der Waals surface area contributed by atoms with Crippen LogP contribution in [0.4, 0.5) is 26.7 Å². The van der Waals surface area contributed by atoms with Gasteiger partial charge in [0.1, 0.15) is 30.4 Å². The molecule has 0 heterocycles. The molecule has 0 radical (unpaired) electrons. The summed E-state index contributed by atoms with van der Waals surface area (Å²) < 4.78 is 75.0. The molecule has 0 unspecified atom stereocenters. The zero-order valence-corrected chi connectivity index (χ0v) is 13.3. The van der Waals surface area contributed by atoms with Gasteiger partial charge in [-0.05, 0) is 26.8 Å². The predicted molar refractivity (Wildman–Crippen MR) is 76.0 cm³/mol. The highest BCUT2D eigenvalue weighted by atomic mass is 19.4. The smallest absolute Gasteiger partial charge is 0.413 e. The molecular formula is C15H18F5NO3. The Balaban J connectivity index is 3.03. The van der Waals surface area contributed by atoms with Crippen LogP contribution in [-0.2, 0) is 4.74 Å². The van der Waals surface area contributed by atoms with E-state index in [1.165, 1.54) is 20.8 Å². The molecule has 1 N–H and O–H groups in total. The zero-order chi connectivity index (χ0) is 18.5. The van der Waals surface area contributed by atoms with Crippen LogP contribution < -0.4 is 10.1 Å². The summed E-state index contributed by atoms with van der Waals surface area (Å²) in [7, 11) is 0. The molecule has 136 valence electrons. The number of ether oxygens (including phenoxy) is 2. The van der Waals surface area contributed by atoms with Crippen molar-refractivity contribution in [3.8, 4) is 5.75 Å². The van der Waals surface area contributed by atoms with Crippen molar-refractivity contribution in [3.05, 3.63) is 29.6 Å². The van der Waals surface area contributed by atoms with Gasteiger partial charge in [0.2, 0.25) is 0 Å². The van der Waals surface area contributed by atoms with Crippen LogP contribution in [0.5, 0.6) is 5.75 Å². The summed E-state index contributed by atoms with van der Waals surface area (Å²) in [6.07, 6.45) is -6.28. The molecule has 0 aromatic heterocycles. The van der Waals surface area contributed by atoms with Crippen LogP contribution in [0.25, 0.3) is 0 Å². The Kier molecular flexibility index (Phi) is 6.39. The van der Waals surface area contributed by atoms with Gasteiger partial charge in [0, 0.05) is 11.6 Å². The number of alkyl halides is 4. The van der Waals surface area contributed by atoms with Crippen molar-refractivity contribution in [1.82, 2.24) is 5.32 Å². The van der Waals surface area contributed by atoms with Crippen molar-refractivity contribution in [2.75, 3.05) is 13.3 Å². The van der Waals surface area contributed by atoms with Crippen molar-refractivity contribution >= 4 is 6.09 Å². The van der Waals surface area contributed by atoms with Gasteiger partial charge in [-0.1, -0.05) is 6.07 Å². The fourth-order valence-corrected chi connectivity index (χ4v) is 1.75. The van der Waals surface area contributed by atoms with Crippen LogP contribution in [-0.4, -0.2) is 31.2 Å². The number of halogens is 5. The van der Waals surface area contributed by atoms with Gasteiger partial charge < -0.3 is 14.8 Å². The van der Waals surface area contributed by atoms with Crippen molar-refractivity contribution in [2.45, 2.75) is 38.6 Å². The topological polar surface area (TPSA) is 47.6 Å². The molecule has 0 aliphatic heterocycles. The second-order valence-electron chi connectivity index (χ2n) is 5.84. The molecule has 9 heteroatoms. The molecule has 0 fully saturated rings. The SMILES string of the molecule is CC(C)(C)OC(=O)N[C@@H](c1ccc(OCCF)cc1F)C(F)(F)F. The van der Waals surface area contributed by atoms with Gasteiger partial charge >= 0.3 is 12.3 Å². The minimum absolute atomic E-state index is 0.118. The summed E-state index contributed by atoms with van der Waals surface area (Å²) in [5.41, 5.74) is -1.82. The van der Waals surface area contributed by atoms with Crippen molar-refractivity contribution in [2.24, 2.45) is 0 Å². The lowest BCUT2D eigenvalue weighted by Gasteiger charge is -2.25. The number of rotatable bonds is 5. The van der Waals surface area contributed by atoms with Crippen LogP contribution in [0, 0.1) is 5.82 Å². The maximum atomic E-state index is 14.0. The molecule has 1 rings (SSSR count). The third-order valence-electron chi connectivity index (χ3n) is 2.62. The van der Waals surface area contributed by atoms with E-state index >= 15 is 0 Å². The Hall–Kier alpha value is -2.06. The van der Waals surface area contributed by atoms with E-state index in [1.54, 1.807) is 5.32 Å². The average molecular weight is 355 g/mol. The van der Waals surface area contributed by atoms with Gasteiger partial charge in [-0.2, -0.15) is 13.2 Å². The van der Waals surface area contributed by atoms with Crippen LogP contribution >= 0.6 is 0 Å². The van der Waals surface area contributed by atoms with Crippen LogP contribution in [0.3, 0.4) is 0 Å². The van der Waals surface area contributed by atoms with Gasteiger partial charge in [-0.25, -0.2) is 13.6 Å². The number of benzene rings is 1. The van der Waals surface area contributed by atoms with Crippen molar-refractivity contribution in [3.63, 3.8) is 0 Å². The van der Waals surface area contributed by atoms with Gasteiger partial charge in [-0.3, -0.25) is 0 Å². The Labute approximate surface area is 135 Å². The quantitative estimate of drug-likeness (QED) is 0.801. The molecule has 1 atom stereocenters. The maximum Gasteiger partial charge on any atom is 0.413 e. The van der Waals surface area contributed by atoms with E-state index < -0.39 is 42.0 Å². The molecule has 1 aromatic rings. The van der Waals surface area contributed by atoms with E-state index in [4.69, 9.17) is 9.47 Å². The number of alkyl carbamates (subject to hydrolysis) is 1. The largest absolute Gasteiger partial charge is 0.491 e. The van der Waals surface area contributed by atoms with E-state index in [-0.39, 0.29) is 12.4 Å². The van der Waals surface area contributed by atoms with Crippen molar-refractivity contribution < 1.29 is 36.2 Å². The third-order valence-corrected chi connectivity index (χ3v) is 2.62. The first-order valence-electron chi connectivity index (χ1n) is 6.98. The molecule has 0 aliphatic carbocycles. The molecule has 0 saturated carbocycles. The van der Waals surface area contributed by atoms with Crippen molar-refractivity contribution in [1.29, 1.82) is 0 Å². The highest BCUT2D eigenvalue weighted by molar-refractivity contribution is 5.68. The van der Waals surface area contributed by atoms with Gasteiger partial charge in [0.25, 0.3) is 0 Å². The number of amides is 1. The van der Waals surface area contributed by atoms with E-state index in [0.29, 0.717) is 6.07 Å². The Morgan fingerprint density at radius 1 is 1.25 bits per heavy atom. The summed E-state index contributed by atoms with van der Waals surface area (Å²) in [5.74, 6) is -1.36. The number of hydrogen-bond acceptors (Lipinski definition) is 3. The lowest BCUT2D eigenvalue weighted by Crippen LogP contribution is -2.41. The predicted octanol–water partition coefficient (Wildman–Crippen LogP) is 4.30. The molecule has 0 spiro atoms. The molecule has 24 heavy (non-hydrogen) atoms. The number of nitrogens with one attached hydrogen (secondary N) is 1. The first-order valence-corrected chi connectivity index (χ1v) is 6.98. The normalized spacial score (nSPS) is 13.3. The van der Waals surface area contributed by atoms with Gasteiger partial charge in [-0.15, -0.1) is 0 Å². The summed E-state index contributed by atoms with van der Waals surface area (Å²) >= 11 is 0. The minimum atomic E-state index is -4.95. The molecule has 0 bridgehead atoms. The van der Waals surface area contributed by atoms with E-state index in [2.05, 4.69) is 0 Å². The Morgan fingerprint density at radius 3 is 2.33 bits per heavy atom. The summed E-state index contributed by atoms with van der Waals surface area (Å²) in [6, 6.07) is -0.0229. The Bertz CT molecular complexity index is 569. The highest BCUT2D eigenvalue weighted by Gasteiger charge is 2.44. The van der Waals surface area contributed by atoms with Crippen LogP contribution in [0.1, 0.15) is 32.4 Å². The zero-order valence-electron chi connectivity index (χ0n) is 13.3. The molecule has 4 nitrogen and oxygen atoms in total. The van der Waals surface area contributed by atoms with E-state index in [1.807, 2.05) is 0 Å². The lowest BCUT2D eigenvalue weighted by atomic mass is 10.1. The molecule has 1 aromatic carbocycles. The number of hydrogen-bond donors (Lipinski definition) is 1. The van der Waals surface area contributed by atoms with Gasteiger partial charge in [0.15, 0.2) is 6.04 Å². The second kappa shape index (κ2) is 7.67. The number of carbonyl (C=O) groups is 1. The van der Waals surface area contributed by atoms with Crippen LogP contribution in [0.15, 0.2) is 18.2 Å². The summed E-state index contributed by atoms with van der Waals surface area (Å²) in [5, 5.41) is 1.61. The molecule has 0 aliphatic rings. The monoisotopic (exact) mass is 355 g/mol. The number of carbonyl (C=O) groups excluding carboxylic acids is 1. The molecule has 0 saturated heterocycles. The van der Waals surface area contributed by atoms with Gasteiger partial charge in [0.05, 0.1) is 0 Å². The first-order chi connectivity index (χ1) is 10.9. The molecule has 1 amide bonds. The summed E-state index contributed by atoms with van der Waals surface area (Å²) in [6.45, 7) is 3.26. The second-order valence-corrected chi connectivity index (χ2v) is 5.84. The molecular weight excluding hydrogens is 337 g/mol. The van der Waals surface area contributed by atoms with E-state index in [0.717, 1.165) is 12.1 Å². The fraction of sp³-hybridized carbons (Fsp3) is 0.533. The van der Waals surface area contributed by atoms with E-state index in [9.17, 15) is 26.7 Å². The third kappa shape index (κ3) is 6.21. The fourth-order valence-electron chi connectivity index (χ4n) is 1.75. The maximum absolute atomic E-state index is 14.0. The lowest BCUT2D eigenvalue weighted by molar-refractivity contribution is -0.157. The average Bonchev–Trinajstić information content (AvgIpc) is 2.40.